The molecule has 0 radical (unpaired) electrons. The second-order valence-corrected chi connectivity index (χ2v) is 19.3. The molecular weight excluding hydrogens is 803 g/mol. The molecule has 0 rings (SSSR count). The first kappa shape index (κ1) is 62.8. The smallest absolute Gasteiger partial charge is 0.305 e. The molecule has 0 spiro atoms. The Bertz CT molecular complexity index is 1100. The van der Waals surface area contributed by atoms with Gasteiger partial charge in [0.25, 0.3) is 0 Å². The highest BCUT2D eigenvalue weighted by atomic mass is 16.5. The van der Waals surface area contributed by atoms with Crippen LogP contribution in [0.25, 0.3) is 0 Å². The van der Waals surface area contributed by atoms with Gasteiger partial charge < -0.3 is 20.3 Å². The first-order chi connectivity index (χ1) is 32.0. The molecule has 6 heteroatoms. The van der Waals surface area contributed by atoms with Crippen LogP contribution in [0.4, 0.5) is 0 Å². The summed E-state index contributed by atoms with van der Waals surface area (Å²) in [4.78, 5) is 24.5. The summed E-state index contributed by atoms with van der Waals surface area (Å²) < 4.78 is 5.44. The Morgan fingerprint density at radius 3 is 1.28 bits per heavy atom. The van der Waals surface area contributed by atoms with Crippen LogP contribution in [-0.4, -0.2) is 47.4 Å². The molecule has 0 aliphatic carbocycles. The SMILES string of the molecule is CCCCCC/C=C\C/C=C\CCCCCCCC(=O)OCCCCC/C=C\C=C/CCCCCCCCC(=O)NC(CO)C(O)CCCCCCCCCCCCCCCCCCC. The number of hydrogen-bond donors (Lipinski definition) is 3. The first-order valence-corrected chi connectivity index (χ1v) is 28.4. The number of aliphatic hydroxyl groups excluding tert-OH is 2. The Hall–Kier alpha value is -2.18. The topological polar surface area (TPSA) is 95.9 Å². The number of carbonyl (C=O) groups excluding carboxylic acids is 2. The number of allylic oxidation sites excluding steroid dienone is 8. The van der Waals surface area contributed by atoms with Crippen LogP contribution in [0, 0.1) is 0 Å². The van der Waals surface area contributed by atoms with E-state index in [2.05, 4.69) is 67.8 Å². The lowest BCUT2D eigenvalue weighted by molar-refractivity contribution is -0.143. The average molecular weight is 913 g/mol. The Balaban J connectivity index is 3.53. The summed E-state index contributed by atoms with van der Waals surface area (Å²) in [5, 5.41) is 23.3. The van der Waals surface area contributed by atoms with Crippen molar-refractivity contribution in [3.63, 3.8) is 0 Å². The summed E-state index contributed by atoms with van der Waals surface area (Å²) in [6, 6.07) is -0.560. The van der Waals surface area contributed by atoms with E-state index < -0.39 is 12.1 Å². The van der Waals surface area contributed by atoms with E-state index >= 15 is 0 Å². The predicted molar refractivity (Wildman–Crippen MR) is 282 cm³/mol. The van der Waals surface area contributed by atoms with Crippen molar-refractivity contribution >= 4 is 11.9 Å². The van der Waals surface area contributed by atoms with Crippen molar-refractivity contribution < 1.29 is 24.5 Å². The van der Waals surface area contributed by atoms with Crippen LogP contribution in [0.2, 0.25) is 0 Å². The molecule has 3 N–H and O–H groups in total. The standard InChI is InChI=1S/C59H109NO5/c1-3-5-7-9-11-13-15-17-19-21-23-27-31-35-39-43-47-51-57(62)56(55-61)60-58(63)52-48-44-40-36-32-28-24-22-26-30-34-38-42-46-50-54-65-59(64)53-49-45-41-37-33-29-25-20-18-16-14-12-10-8-6-4-2/h14,16,20,22,25-26,30,34,56-57,61-62H,3-13,15,17-19,21,23-24,27-29,31-33,35-55H2,1-2H3,(H,60,63)/b16-14-,25-20-,26-22-,34-30-. The summed E-state index contributed by atoms with van der Waals surface area (Å²) in [5.41, 5.74) is 0. The lowest BCUT2D eigenvalue weighted by Gasteiger charge is -2.22. The first-order valence-electron chi connectivity index (χ1n) is 28.4. The minimum absolute atomic E-state index is 0.0354. The number of carbonyl (C=O) groups is 2. The Morgan fingerprint density at radius 2 is 0.815 bits per heavy atom. The summed E-state index contributed by atoms with van der Waals surface area (Å²) in [6.07, 6.45) is 68.1. The van der Waals surface area contributed by atoms with Crippen LogP contribution < -0.4 is 5.32 Å². The number of unbranched alkanes of at least 4 members (excludes halogenated alkanes) is 34. The van der Waals surface area contributed by atoms with Crippen LogP contribution >= 0.6 is 0 Å². The Labute approximate surface area is 404 Å². The van der Waals surface area contributed by atoms with Crippen LogP contribution in [0.3, 0.4) is 0 Å². The van der Waals surface area contributed by atoms with Crippen LogP contribution in [-0.2, 0) is 14.3 Å². The van der Waals surface area contributed by atoms with Crippen molar-refractivity contribution in [2.24, 2.45) is 0 Å². The Morgan fingerprint density at radius 1 is 0.446 bits per heavy atom. The van der Waals surface area contributed by atoms with Crippen LogP contribution in [0.1, 0.15) is 290 Å². The molecule has 0 aromatic rings. The van der Waals surface area contributed by atoms with Gasteiger partial charge in [-0.3, -0.25) is 9.59 Å². The number of nitrogens with one attached hydrogen (secondary N) is 1. The molecule has 0 saturated heterocycles. The number of rotatable bonds is 52. The number of amides is 1. The van der Waals surface area contributed by atoms with E-state index in [9.17, 15) is 19.8 Å². The van der Waals surface area contributed by atoms with E-state index in [-0.39, 0.29) is 18.5 Å². The fourth-order valence-corrected chi connectivity index (χ4v) is 8.48. The molecular formula is C59H109NO5. The number of aliphatic hydroxyl groups is 2. The molecule has 0 aliphatic rings. The third-order valence-electron chi connectivity index (χ3n) is 12.9. The molecule has 0 aliphatic heterocycles. The largest absolute Gasteiger partial charge is 0.466 e. The summed E-state index contributed by atoms with van der Waals surface area (Å²) in [6.45, 7) is 4.87. The van der Waals surface area contributed by atoms with E-state index in [0.29, 0.717) is 25.9 Å². The third-order valence-corrected chi connectivity index (χ3v) is 12.9. The number of hydrogen-bond acceptors (Lipinski definition) is 5. The maximum atomic E-state index is 12.5. The zero-order valence-corrected chi connectivity index (χ0v) is 43.2. The summed E-state index contributed by atoms with van der Waals surface area (Å²) in [5.74, 6) is -0.0930. The second-order valence-electron chi connectivity index (χ2n) is 19.3. The normalized spacial score (nSPS) is 13.0. The molecule has 380 valence electrons. The van der Waals surface area contributed by atoms with Crippen molar-refractivity contribution in [3.05, 3.63) is 48.6 Å². The van der Waals surface area contributed by atoms with Gasteiger partial charge in [0.2, 0.25) is 5.91 Å². The van der Waals surface area contributed by atoms with E-state index in [4.69, 9.17) is 4.74 Å². The quantitative estimate of drug-likeness (QED) is 0.0245. The van der Waals surface area contributed by atoms with E-state index in [1.807, 2.05) is 0 Å². The van der Waals surface area contributed by atoms with Gasteiger partial charge >= 0.3 is 5.97 Å². The average Bonchev–Trinajstić information content (AvgIpc) is 3.31. The maximum absolute atomic E-state index is 12.5. The molecule has 2 unspecified atom stereocenters. The van der Waals surface area contributed by atoms with Crippen molar-refractivity contribution in [2.75, 3.05) is 13.2 Å². The summed E-state index contributed by atoms with van der Waals surface area (Å²) in [7, 11) is 0. The van der Waals surface area contributed by atoms with Gasteiger partial charge in [0.05, 0.1) is 25.4 Å². The van der Waals surface area contributed by atoms with Gasteiger partial charge in [0, 0.05) is 12.8 Å². The van der Waals surface area contributed by atoms with E-state index in [1.54, 1.807) is 0 Å². The highest BCUT2D eigenvalue weighted by molar-refractivity contribution is 5.76. The second kappa shape index (κ2) is 54.4. The molecule has 0 fully saturated rings. The lowest BCUT2D eigenvalue weighted by Crippen LogP contribution is -2.45. The van der Waals surface area contributed by atoms with E-state index in [0.717, 1.165) is 89.9 Å². The fourth-order valence-electron chi connectivity index (χ4n) is 8.48. The summed E-state index contributed by atoms with van der Waals surface area (Å²) >= 11 is 0. The van der Waals surface area contributed by atoms with Gasteiger partial charge in [0.1, 0.15) is 0 Å². The maximum Gasteiger partial charge on any atom is 0.305 e. The highest BCUT2D eigenvalue weighted by Crippen LogP contribution is 2.16. The minimum atomic E-state index is -0.680. The van der Waals surface area contributed by atoms with Crippen LogP contribution in [0.15, 0.2) is 48.6 Å². The van der Waals surface area contributed by atoms with Crippen molar-refractivity contribution in [2.45, 2.75) is 302 Å². The van der Waals surface area contributed by atoms with Gasteiger partial charge in [0.15, 0.2) is 0 Å². The highest BCUT2D eigenvalue weighted by Gasteiger charge is 2.20. The molecule has 2 atom stereocenters. The molecule has 6 nitrogen and oxygen atoms in total. The number of ether oxygens (including phenoxy) is 1. The van der Waals surface area contributed by atoms with Crippen LogP contribution in [0.5, 0.6) is 0 Å². The predicted octanol–water partition coefficient (Wildman–Crippen LogP) is 17.4. The minimum Gasteiger partial charge on any atom is -0.466 e. The zero-order chi connectivity index (χ0) is 47.2. The third kappa shape index (κ3) is 51.1. The molecule has 0 heterocycles. The Kier molecular flexibility index (Phi) is 52.6. The van der Waals surface area contributed by atoms with E-state index in [1.165, 1.54) is 167 Å². The lowest BCUT2D eigenvalue weighted by atomic mass is 10.0. The molecule has 0 saturated carbocycles. The molecule has 0 aromatic carbocycles. The van der Waals surface area contributed by atoms with Crippen molar-refractivity contribution in [1.29, 1.82) is 0 Å². The molecule has 0 aromatic heterocycles. The van der Waals surface area contributed by atoms with Gasteiger partial charge in [-0.05, 0) is 89.9 Å². The monoisotopic (exact) mass is 912 g/mol. The molecule has 0 bridgehead atoms. The van der Waals surface area contributed by atoms with Gasteiger partial charge in [-0.25, -0.2) is 0 Å². The van der Waals surface area contributed by atoms with Crippen molar-refractivity contribution in [1.82, 2.24) is 5.32 Å². The van der Waals surface area contributed by atoms with Gasteiger partial charge in [-0.1, -0.05) is 236 Å². The van der Waals surface area contributed by atoms with Crippen molar-refractivity contribution in [3.8, 4) is 0 Å². The van der Waals surface area contributed by atoms with Gasteiger partial charge in [-0.15, -0.1) is 0 Å². The van der Waals surface area contributed by atoms with Gasteiger partial charge in [-0.2, -0.15) is 0 Å². The number of esters is 1. The molecule has 1 amide bonds. The zero-order valence-electron chi connectivity index (χ0n) is 43.2. The fraction of sp³-hybridized carbons (Fsp3) is 0.831. The molecule has 65 heavy (non-hydrogen) atoms.